The van der Waals surface area contributed by atoms with Gasteiger partial charge < -0.3 is 11.1 Å². The number of halogens is 2. The lowest BCUT2D eigenvalue weighted by atomic mass is 10.0. The molecule has 1 amide bonds. The number of nitrogens with one attached hydrogen (secondary N) is 1. The quantitative estimate of drug-likeness (QED) is 0.549. The number of hydrogen-bond donors (Lipinski definition) is 2. The molecule has 124 valence electrons. The first-order valence-electron chi connectivity index (χ1n) is 6.75. The first-order chi connectivity index (χ1) is 9.83. The number of carbonyl (C=O) groups is 1. The molecule has 0 radical (unpaired) electrons. The van der Waals surface area contributed by atoms with Crippen LogP contribution in [-0.4, -0.2) is 23.4 Å². The SMILES string of the molecule is CC(C)CC(CN)NC(=O)Cc1ccc([N+](=O)[O-])cc1Br.Cl. The average molecular weight is 395 g/mol. The van der Waals surface area contributed by atoms with Crippen LogP contribution in [0.15, 0.2) is 22.7 Å². The third-order valence-corrected chi connectivity index (χ3v) is 3.74. The minimum absolute atomic E-state index is 0. The maximum absolute atomic E-state index is 12.0. The van der Waals surface area contributed by atoms with E-state index in [0.29, 0.717) is 22.5 Å². The van der Waals surface area contributed by atoms with Crippen molar-refractivity contribution in [3.8, 4) is 0 Å². The molecule has 0 aromatic heterocycles. The lowest BCUT2D eigenvalue weighted by Gasteiger charge is -2.19. The van der Waals surface area contributed by atoms with Gasteiger partial charge in [0.15, 0.2) is 0 Å². The Balaban J connectivity index is 0.00000441. The standard InChI is InChI=1S/C14H20BrN3O3.ClH/c1-9(2)5-11(8-16)17-14(19)6-10-3-4-12(18(20)21)7-13(10)15;/h3-4,7,9,11H,5-6,8,16H2,1-2H3,(H,17,19);1H. The molecule has 1 aromatic carbocycles. The summed E-state index contributed by atoms with van der Waals surface area (Å²) in [4.78, 5) is 22.2. The van der Waals surface area contributed by atoms with Gasteiger partial charge in [0.1, 0.15) is 0 Å². The van der Waals surface area contributed by atoms with E-state index in [4.69, 9.17) is 5.73 Å². The molecular formula is C14H21BrClN3O3. The van der Waals surface area contributed by atoms with E-state index in [1.165, 1.54) is 12.1 Å². The molecule has 0 bridgehead atoms. The van der Waals surface area contributed by atoms with Crippen LogP contribution >= 0.6 is 28.3 Å². The maximum atomic E-state index is 12.0. The zero-order valence-corrected chi connectivity index (χ0v) is 14.9. The van der Waals surface area contributed by atoms with E-state index in [0.717, 1.165) is 6.42 Å². The van der Waals surface area contributed by atoms with E-state index < -0.39 is 4.92 Å². The van der Waals surface area contributed by atoms with Crippen molar-refractivity contribution >= 4 is 39.9 Å². The van der Waals surface area contributed by atoms with Gasteiger partial charge in [-0.05, 0) is 17.9 Å². The topological polar surface area (TPSA) is 98.3 Å². The second kappa shape index (κ2) is 9.76. The third kappa shape index (κ3) is 6.72. The van der Waals surface area contributed by atoms with Crippen molar-refractivity contribution in [1.29, 1.82) is 0 Å². The average Bonchev–Trinajstić information content (AvgIpc) is 2.39. The summed E-state index contributed by atoms with van der Waals surface area (Å²) in [6.45, 7) is 4.54. The van der Waals surface area contributed by atoms with Crippen molar-refractivity contribution in [2.75, 3.05) is 6.54 Å². The summed E-state index contributed by atoms with van der Waals surface area (Å²) in [5.41, 5.74) is 6.35. The highest BCUT2D eigenvalue weighted by Gasteiger charge is 2.15. The number of amides is 1. The molecule has 0 heterocycles. The van der Waals surface area contributed by atoms with Gasteiger partial charge in [-0.15, -0.1) is 12.4 Å². The molecule has 6 nitrogen and oxygen atoms in total. The van der Waals surface area contributed by atoms with Gasteiger partial charge in [0.05, 0.1) is 11.3 Å². The van der Waals surface area contributed by atoms with Gasteiger partial charge in [0, 0.05) is 29.2 Å². The van der Waals surface area contributed by atoms with Crippen molar-refractivity contribution in [3.63, 3.8) is 0 Å². The fourth-order valence-electron chi connectivity index (χ4n) is 2.03. The van der Waals surface area contributed by atoms with Crippen LogP contribution < -0.4 is 11.1 Å². The lowest BCUT2D eigenvalue weighted by Crippen LogP contribution is -2.41. The van der Waals surface area contributed by atoms with Crippen molar-refractivity contribution in [2.45, 2.75) is 32.7 Å². The fraction of sp³-hybridized carbons (Fsp3) is 0.500. The Morgan fingerprint density at radius 3 is 2.55 bits per heavy atom. The second-order valence-corrected chi connectivity index (χ2v) is 6.19. The molecule has 1 unspecified atom stereocenters. The summed E-state index contributed by atoms with van der Waals surface area (Å²) >= 11 is 3.26. The van der Waals surface area contributed by atoms with E-state index in [1.807, 2.05) is 0 Å². The van der Waals surface area contributed by atoms with Gasteiger partial charge in [0.25, 0.3) is 5.69 Å². The number of nitro groups is 1. The van der Waals surface area contributed by atoms with Crippen LogP contribution in [0, 0.1) is 16.0 Å². The predicted octanol–water partition coefficient (Wildman–Crippen LogP) is 2.81. The van der Waals surface area contributed by atoms with Crippen molar-refractivity contribution in [3.05, 3.63) is 38.3 Å². The third-order valence-electron chi connectivity index (χ3n) is 3.00. The Bertz CT molecular complexity index is 526. The molecule has 0 aliphatic rings. The van der Waals surface area contributed by atoms with Gasteiger partial charge in [-0.25, -0.2) is 0 Å². The van der Waals surface area contributed by atoms with Crippen LogP contribution in [0.1, 0.15) is 25.8 Å². The number of non-ortho nitro benzene ring substituents is 1. The van der Waals surface area contributed by atoms with Crippen molar-refractivity contribution in [2.24, 2.45) is 11.7 Å². The molecule has 8 heteroatoms. The summed E-state index contributed by atoms with van der Waals surface area (Å²) in [7, 11) is 0. The van der Waals surface area contributed by atoms with Gasteiger partial charge in [-0.2, -0.15) is 0 Å². The van der Waals surface area contributed by atoms with Crippen LogP contribution in [0.3, 0.4) is 0 Å². The number of nitro benzene ring substituents is 1. The lowest BCUT2D eigenvalue weighted by molar-refractivity contribution is -0.384. The molecule has 3 N–H and O–H groups in total. The van der Waals surface area contributed by atoms with Crippen LogP contribution in [0.5, 0.6) is 0 Å². The van der Waals surface area contributed by atoms with Gasteiger partial charge >= 0.3 is 0 Å². The van der Waals surface area contributed by atoms with Gasteiger partial charge in [0.2, 0.25) is 5.91 Å². The normalized spacial score (nSPS) is 11.7. The van der Waals surface area contributed by atoms with Crippen LogP contribution in [0.4, 0.5) is 5.69 Å². The van der Waals surface area contributed by atoms with Gasteiger partial charge in [-0.1, -0.05) is 35.8 Å². The van der Waals surface area contributed by atoms with Crippen LogP contribution in [0.25, 0.3) is 0 Å². The van der Waals surface area contributed by atoms with Gasteiger partial charge in [-0.3, -0.25) is 14.9 Å². The summed E-state index contributed by atoms with van der Waals surface area (Å²) in [5.74, 6) is 0.311. The summed E-state index contributed by atoms with van der Waals surface area (Å²) < 4.78 is 0.556. The first kappa shape index (κ1) is 20.8. The summed E-state index contributed by atoms with van der Waals surface area (Å²) in [6, 6.07) is 4.33. The predicted molar refractivity (Wildman–Crippen MR) is 92.2 cm³/mol. The first-order valence-corrected chi connectivity index (χ1v) is 7.55. The number of carbonyl (C=O) groups excluding carboxylic acids is 1. The van der Waals surface area contributed by atoms with Crippen LogP contribution in [0.2, 0.25) is 0 Å². The monoisotopic (exact) mass is 393 g/mol. The largest absolute Gasteiger partial charge is 0.352 e. The number of hydrogen-bond acceptors (Lipinski definition) is 4. The molecular weight excluding hydrogens is 374 g/mol. The minimum atomic E-state index is -0.471. The molecule has 0 saturated heterocycles. The number of nitrogens with two attached hydrogens (primary N) is 1. The van der Waals surface area contributed by atoms with Crippen LogP contribution in [-0.2, 0) is 11.2 Å². The molecule has 0 saturated carbocycles. The van der Waals surface area contributed by atoms with Crippen molar-refractivity contribution < 1.29 is 9.72 Å². The summed E-state index contributed by atoms with van der Waals surface area (Å²) in [5, 5.41) is 13.6. The Morgan fingerprint density at radius 2 is 2.09 bits per heavy atom. The number of benzene rings is 1. The van der Waals surface area contributed by atoms with E-state index in [1.54, 1.807) is 6.07 Å². The maximum Gasteiger partial charge on any atom is 0.270 e. The van der Waals surface area contributed by atoms with Crippen molar-refractivity contribution in [1.82, 2.24) is 5.32 Å². The molecule has 1 aromatic rings. The molecule has 1 atom stereocenters. The molecule has 1 rings (SSSR count). The highest BCUT2D eigenvalue weighted by molar-refractivity contribution is 9.10. The fourth-order valence-corrected chi connectivity index (χ4v) is 2.53. The highest BCUT2D eigenvalue weighted by atomic mass is 79.9. The minimum Gasteiger partial charge on any atom is -0.352 e. The Hall–Kier alpha value is -1.18. The Kier molecular flexibility index (Phi) is 9.24. The second-order valence-electron chi connectivity index (χ2n) is 5.34. The highest BCUT2D eigenvalue weighted by Crippen LogP contribution is 2.23. The zero-order chi connectivity index (χ0) is 16.0. The smallest absolute Gasteiger partial charge is 0.270 e. The van der Waals surface area contributed by atoms with E-state index in [2.05, 4.69) is 35.1 Å². The Labute approximate surface area is 144 Å². The molecule has 0 aliphatic heterocycles. The number of rotatable bonds is 7. The van der Waals surface area contributed by atoms with E-state index >= 15 is 0 Å². The zero-order valence-electron chi connectivity index (χ0n) is 12.5. The molecule has 0 fully saturated rings. The molecule has 22 heavy (non-hydrogen) atoms. The number of nitrogens with zero attached hydrogens (tertiary/aromatic N) is 1. The summed E-state index contributed by atoms with van der Waals surface area (Å²) in [6.07, 6.45) is 0.983. The Morgan fingerprint density at radius 1 is 1.45 bits per heavy atom. The van der Waals surface area contributed by atoms with E-state index in [-0.39, 0.29) is 36.5 Å². The van der Waals surface area contributed by atoms with E-state index in [9.17, 15) is 14.9 Å². The molecule has 0 aliphatic carbocycles. The molecule has 0 spiro atoms.